The Morgan fingerprint density at radius 1 is 1.30 bits per heavy atom. The number of hydrogen-bond donors (Lipinski definition) is 1. The highest BCUT2D eigenvalue weighted by atomic mass is 19.2. The van der Waals surface area contributed by atoms with Crippen LogP contribution in [0.5, 0.6) is 5.75 Å². The molecule has 1 N–H and O–H groups in total. The van der Waals surface area contributed by atoms with Crippen LogP contribution in [0, 0.1) is 23.0 Å². The lowest BCUT2D eigenvalue weighted by Gasteiger charge is -2.30. The Hall–Kier alpha value is -2.92. The second-order valence-electron chi connectivity index (χ2n) is 5.82. The maximum absolute atomic E-state index is 14.3. The van der Waals surface area contributed by atoms with Crippen LogP contribution in [0.2, 0.25) is 0 Å². The van der Waals surface area contributed by atoms with E-state index in [2.05, 4.69) is 5.32 Å². The molecular formula is C19H20F2N2O4. The zero-order valence-corrected chi connectivity index (χ0v) is 15.5. The van der Waals surface area contributed by atoms with Gasteiger partial charge >= 0.3 is 5.97 Å². The van der Waals surface area contributed by atoms with Crippen molar-refractivity contribution < 1.29 is 27.8 Å². The van der Waals surface area contributed by atoms with Gasteiger partial charge in [0.05, 0.1) is 44.0 Å². The molecule has 27 heavy (non-hydrogen) atoms. The third-order valence-corrected chi connectivity index (χ3v) is 4.32. The van der Waals surface area contributed by atoms with Crippen LogP contribution in [0.25, 0.3) is 0 Å². The van der Waals surface area contributed by atoms with E-state index >= 15 is 0 Å². The zero-order valence-electron chi connectivity index (χ0n) is 15.5. The van der Waals surface area contributed by atoms with E-state index in [4.69, 9.17) is 14.2 Å². The minimum absolute atomic E-state index is 0.126. The lowest BCUT2D eigenvalue weighted by Crippen LogP contribution is -2.30. The first-order valence-electron chi connectivity index (χ1n) is 8.11. The molecule has 8 heteroatoms. The van der Waals surface area contributed by atoms with Crippen LogP contribution in [-0.2, 0) is 14.3 Å². The van der Waals surface area contributed by atoms with Crippen molar-refractivity contribution in [3.05, 3.63) is 51.9 Å². The van der Waals surface area contributed by atoms with Crippen molar-refractivity contribution in [1.82, 2.24) is 5.32 Å². The largest absolute Gasteiger partial charge is 0.493 e. The maximum Gasteiger partial charge on any atom is 0.336 e. The average Bonchev–Trinajstić information content (AvgIpc) is 2.67. The summed E-state index contributed by atoms with van der Waals surface area (Å²) in [6.45, 7) is 1.97. The van der Waals surface area contributed by atoms with Gasteiger partial charge in [0.25, 0.3) is 0 Å². The first kappa shape index (κ1) is 20.4. The molecule has 1 atom stereocenters. The van der Waals surface area contributed by atoms with Crippen LogP contribution in [0.3, 0.4) is 0 Å². The molecule has 0 bridgehead atoms. The van der Waals surface area contributed by atoms with Gasteiger partial charge in [-0.1, -0.05) is 6.07 Å². The monoisotopic (exact) mass is 378 g/mol. The fourth-order valence-electron chi connectivity index (χ4n) is 3.09. The number of carbonyl (C=O) groups is 1. The van der Waals surface area contributed by atoms with E-state index in [0.29, 0.717) is 24.4 Å². The number of rotatable bonds is 6. The summed E-state index contributed by atoms with van der Waals surface area (Å²) in [4.78, 5) is 12.5. The van der Waals surface area contributed by atoms with Crippen molar-refractivity contribution in [2.24, 2.45) is 0 Å². The predicted molar refractivity (Wildman–Crippen MR) is 92.6 cm³/mol. The number of hydrogen-bond acceptors (Lipinski definition) is 6. The van der Waals surface area contributed by atoms with E-state index in [0.717, 1.165) is 6.07 Å². The van der Waals surface area contributed by atoms with E-state index in [1.54, 1.807) is 6.92 Å². The van der Waals surface area contributed by atoms with Gasteiger partial charge in [0.1, 0.15) is 0 Å². The Morgan fingerprint density at radius 2 is 2.00 bits per heavy atom. The second kappa shape index (κ2) is 8.64. The smallest absolute Gasteiger partial charge is 0.336 e. The molecule has 1 aromatic carbocycles. The van der Waals surface area contributed by atoms with Gasteiger partial charge in [-0.05, 0) is 13.0 Å². The van der Waals surface area contributed by atoms with E-state index in [1.807, 2.05) is 6.07 Å². The molecule has 0 aliphatic carbocycles. The van der Waals surface area contributed by atoms with Crippen LogP contribution >= 0.6 is 0 Å². The van der Waals surface area contributed by atoms with Crippen molar-refractivity contribution >= 4 is 5.97 Å². The number of allylic oxidation sites excluding steroid dienone is 2. The number of esters is 1. The van der Waals surface area contributed by atoms with Crippen LogP contribution in [0.15, 0.2) is 34.7 Å². The topological polar surface area (TPSA) is 80.6 Å². The number of nitriles is 1. The summed E-state index contributed by atoms with van der Waals surface area (Å²) in [5.41, 5.74) is 1.44. The standard InChI is InChI=1S/C19H20F2N2O4/c1-10-12(9-22)15(11-5-6-13(20)17(21)18(11)26-3)16(19(24)27-4)14(23-10)7-8-25-2/h5-6,15,23H,7-8H2,1-4H3. The minimum Gasteiger partial charge on any atom is -0.493 e. The molecule has 0 spiro atoms. The van der Waals surface area contributed by atoms with Crippen LogP contribution in [0.1, 0.15) is 24.8 Å². The minimum atomic E-state index is -1.19. The van der Waals surface area contributed by atoms with Gasteiger partial charge in [-0.2, -0.15) is 9.65 Å². The van der Waals surface area contributed by atoms with Crippen LogP contribution < -0.4 is 10.1 Å². The SMILES string of the molecule is COCCC1=C(C(=O)OC)C(c2ccc(F)c(F)c2OC)C(C#N)=C(C)N1. The molecule has 0 radical (unpaired) electrons. The quantitative estimate of drug-likeness (QED) is 0.767. The number of nitrogens with one attached hydrogen (secondary N) is 1. The molecule has 1 heterocycles. The first-order chi connectivity index (χ1) is 12.9. The Morgan fingerprint density at radius 3 is 2.56 bits per heavy atom. The molecule has 0 saturated heterocycles. The number of ether oxygens (including phenoxy) is 3. The maximum atomic E-state index is 14.3. The van der Waals surface area contributed by atoms with Crippen LogP contribution in [0.4, 0.5) is 8.78 Å². The molecule has 1 aromatic rings. The second-order valence-corrected chi connectivity index (χ2v) is 5.82. The number of nitrogens with zero attached hydrogens (tertiary/aromatic N) is 1. The highest BCUT2D eigenvalue weighted by Crippen LogP contribution is 2.43. The summed E-state index contributed by atoms with van der Waals surface area (Å²) in [5.74, 6) is -4.31. The van der Waals surface area contributed by atoms with Gasteiger partial charge < -0.3 is 19.5 Å². The number of dihydropyridines is 1. The number of carbonyl (C=O) groups excluding carboxylic acids is 1. The summed E-state index contributed by atoms with van der Waals surface area (Å²) in [5, 5.41) is 12.7. The molecule has 2 rings (SSSR count). The van der Waals surface area contributed by atoms with Crippen molar-refractivity contribution in [3.63, 3.8) is 0 Å². The van der Waals surface area contributed by atoms with Gasteiger partial charge in [-0.15, -0.1) is 0 Å². The first-order valence-corrected chi connectivity index (χ1v) is 8.11. The Bertz CT molecular complexity index is 856. The fraction of sp³-hybridized carbons (Fsp3) is 0.368. The highest BCUT2D eigenvalue weighted by molar-refractivity contribution is 5.93. The van der Waals surface area contributed by atoms with Gasteiger partial charge in [-0.25, -0.2) is 9.18 Å². The summed E-state index contributed by atoms with van der Waals surface area (Å²) in [7, 11) is 3.92. The van der Waals surface area contributed by atoms with Gasteiger partial charge in [0.2, 0.25) is 5.82 Å². The lowest BCUT2D eigenvalue weighted by atomic mass is 9.80. The van der Waals surface area contributed by atoms with Gasteiger partial charge in [-0.3, -0.25) is 0 Å². The van der Waals surface area contributed by atoms with Gasteiger partial charge in [0, 0.05) is 30.5 Å². The van der Waals surface area contributed by atoms with E-state index in [-0.39, 0.29) is 22.5 Å². The van der Waals surface area contributed by atoms with Crippen molar-refractivity contribution in [2.45, 2.75) is 19.3 Å². The number of halogens is 2. The van der Waals surface area contributed by atoms with E-state index < -0.39 is 23.5 Å². The molecule has 1 aliphatic rings. The Kier molecular flexibility index (Phi) is 6.53. The molecular weight excluding hydrogens is 358 g/mol. The molecule has 144 valence electrons. The lowest BCUT2D eigenvalue weighted by molar-refractivity contribution is -0.136. The Labute approximate surface area is 156 Å². The molecule has 6 nitrogen and oxygen atoms in total. The third-order valence-electron chi connectivity index (χ3n) is 4.32. The summed E-state index contributed by atoms with van der Waals surface area (Å²) >= 11 is 0. The summed E-state index contributed by atoms with van der Waals surface area (Å²) in [6, 6.07) is 4.28. The Balaban J connectivity index is 2.79. The fourth-order valence-corrected chi connectivity index (χ4v) is 3.09. The molecule has 0 fully saturated rings. The van der Waals surface area contributed by atoms with E-state index in [1.165, 1.54) is 27.4 Å². The van der Waals surface area contributed by atoms with Crippen molar-refractivity contribution in [2.75, 3.05) is 27.9 Å². The number of benzene rings is 1. The predicted octanol–water partition coefficient (Wildman–Crippen LogP) is 2.92. The normalized spacial score (nSPS) is 16.7. The summed E-state index contributed by atoms with van der Waals surface area (Å²) in [6.07, 6.45) is 0.333. The molecule has 0 aromatic heterocycles. The average molecular weight is 378 g/mol. The molecule has 1 unspecified atom stereocenters. The van der Waals surface area contributed by atoms with Crippen LogP contribution in [-0.4, -0.2) is 33.9 Å². The third kappa shape index (κ3) is 3.78. The van der Waals surface area contributed by atoms with Crippen molar-refractivity contribution in [3.8, 4) is 11.8 Å². The zero-order chi connectivity index (χ0) is 20.1. The molecule has 0 amide bonds. The van der Waals surface area contributed by atoms with Gasteiger partial charge in [0.15, 0.2) is 11.6 Å². The molecule has 0 saturated carbocycles. The van der Waals surface area contributed by atoms with Crippen molar-refractivity contribution in [1.29, 1.82) is 5.26 Å². The molecule has 1 aliphatic heterocycles. The number of methoxy groups -OCH3 is 3. The summed E-state index contributed by atoms with van der Waals surface area (Å²) < 4.78 is 43.0. The van der Waals surface area contributed by atoms with E-state index in [9.17, 15) is 18.8 Å². The highest BCUT2D eigenvalue weighted by Gasteiger charge is 2.37.